The Bertz CT molecular complexity index is 1360. The molecular weight excluding hydrogens is 513 g/mol. The van der Waals surface area contributed by atoms with E-state index in [4.69, 9.17) is 4.74 Å². The standard InChI is InChI=1S/C23H21F3N6O4S/c1-3-28-22(35)31-16-7-14(15(10-29-16)11-6-12(9-27-8-11)21(34)36-2)20-32-18(23(24,25)26)17(37-20)19(33)30-13-4-5-13/h6-10,13H,3-5H2,1-2H3,(H,30,33)(H2,28,29,31,35). The molecule has 10 nitrogen and oxygen atoms in total. The van der Waals surface area contributed by atoms with Gasteiger partial charge in [-0.2, -0.15) is 13.2 Å². The third-order valence-electron chi connectivity index (χ3n) is 5.20. The zero-order valence-electron chi connectivity index (χ0n) is 19.6. The number of methoxy groups -OCH3 is 1. The Kier molecular flexibility index (Phi) is 7.38. The molecule has 1 fully saturated rings. The summed E-state index contributed by atoms with van der Waals surface area (Å²) in [6.45, 7) is 2.05. The first-order valence-electron chi connectivity index (χ1n) is 11.1. The van der Waals surface area contributed by atoms with Gasteiger partial charge in [0.15, 0.2) is 5.69 Å². The molecule has 3 N–H and O–H groups in total. The van der Waals surface area contributed by atoms with Crippen molar-refractivity contribution in [3.05, 3.63) is 46.9 Å². The fraction of sp³-hybridized carbons (Fsp3) is 0.304. The van der Waals surface area contributed by atoms with Gasteiger partial charge in [0.25, 0.3) is 5.91 Å². The Labute approximate surface area is 212 Å². The highest BCUT2D eigenvalue weighted by Gasteiger charge is 2.41. The smallest absolute Gasteiger partial charge is 0.435 e. The molecule has 37 heavy (non-hydrogen) atoms. The molecule has 0 aromatic carbocycles. The zero-order chi connectivity index (χ0) is 26.7. The van der Waals surface area contributed by atoms with Gasteiger partial charge in [0.2, 0.25) is 0 Å². The van der Waals surface area contributed by atoms with Crippen molar-refractivity contribution in [3.8, 4) is 21.7 Å². The summed E-state index contributed by atoms with van der Waals surface area (Å²) in [7, 11) is 1.20. The van der Waals surface area contributed by atoms with Crippen LogP contribution in [0.5, 0.6) is 0 Å². The molecule has 0 unspecified atom stereocenters. The maximum absolute atomic E-state index is 13.9. The molecule has 1 saturated carbocycles. The van der Waals surface area contributed by atoms with Crippen LogP contribution in [0.25, 0.3) is 21.7 Å². The van der Waals surface area contributed by atoms with Gasteiger partial charge in [0.05, 0.1) is 12.7 Å². The van der Waals surface area contributed by atoms with Crippen LogP contribution in [0, 0.1) is 0 Å². The predicted molar refractivity (Wildman–Crippen MR) is 128 cm³/mol. The quantitative estimate of drug-likeness (QED) is 0.388. The summed E-state index contributed by atoms with van der Waals surface area (Å²) in [5, 5.41) is 7.47. The lowest BCUT2D eigenvalue weighted by Crippen LogP contribution is -2.28. The van der Waals surface area contributed by atoms with Crippen LogP contribution in [-0.4, -0.2) is 52.6 Å². The average Bonchev–Trinajstić information content (AvgIpc) is 3.55. The summed E-state index contributed by atoms with van der Waals surface area (Å²) in [6.07, 6.45) is 0.499. The van der Waals surface area contributed by atoms with E-state index in [1.165, 1.54) is 37.8 Å². The highest BCUT2D eigenvalue weighted by molar-refractivity contribution is 7.17. The summed E-state index contributed by atoms with van der Waals surface area (Å²) in [5.41, 5.74) is -0.450. The molecule has 0 atom stereocenters. The van der Waals surface area contributed by atoms with Crippen molar-refractivity contribution in [2.24, 2.45) is 0 Å². The summed E-state index contributed by atoms with van der Waals surface area (Å²) in [5.74, 6) is -1.48. The fourth-order valence-corrected chi connectivity index (χ4v) is 4.35. The lowest BCUT2D eigenvalue weighted by molar-refractivity contribution is -0.141. The first-order valence-corrected chi connectivity index (χ1v) is 11.9. The second kappa shape index (κ2) is 10.5. The van der Waals surface area contributed by atoms with E-state index in [0.29, 0.717) is 36.3 Å². The van der Waals surface area contributed by atoms with E-state index in [1.54, 1.807) is 6.92 Å². The molecule has 0 bridgehead atoms. The number of alkyl halides is 3. The fourth-order valence-electron chi connectivity index (χ4n) is 3.33. The van der Waals surface area contributed by atoms with Gasteiger partial charge >= 0.3 is 18.2 Å². The summed E-state index contributed by atoms with van der Waals surface area (Å²) in [6, 6.07) is 2.06. The Balaban J connectivity index is 1.86. The van der Waals surface area contributed by atoms with Crippen LogP contribution in [0.2, 0.25) is 0 Å². The van der Waals surface area contributed by atoms with Gasteiger partial charge in [-0.15, -0.1) is 11.3 Å². The van der Waals surface area contributed by atoms with Crippen LogP contribution >= 0.6 is 11.3 Å². The normalized spacial score (nSPS) is 13.1. The molecule has 0 spiro atoms. The molecule has 0 aliphatic heterocycles. The third-order valence-corrected chi connectivity index (χ3v) is 6.29. The van der Waals surface area contributed by atoms with Gasteiger partial charge < -0.3 is 15.4 Å². The Morgan fingerprint density at radius 1 is 1.14 bits per heavy atom. The molecule has 1 aliphatic carbocycles. The van der Waals surface area contributed by atoms with Gasteiger partial charge in [-0.25, -0.2) is 19.6 Å². The summed E-state index contributed by atoms with van der Waals surface area (Å²) >= 11 is 0.568. The second-order valence-corrected chi connectivity index (χ2v) is 8.99. The number of amides is 3. The van der Waals surface area contributed by atoms with Crippen LogP contribution < -0.4 is 16.0 Å². The number of aromatic nitrogens is 3. The van der Waals surface area contributed by atoms with Gasteiger partial charge in [0, 0.05) is 47.9 Å². The highest BCUT2D eigenvalue weighted by atomic mass is 32.1. The largest absolute Gasteiger partial charge is 0.465 e. The first kappa shape index (κ1) is 26.0. The molecule has 3 aromatic heterocycles. The Morgan fingerprint density at radius 2 is 1.89 bits per heavy atom. The number of thiazole rings is 1. The van der Waals surface area contributed by atoms with Gasteiger partial charge in [-0.1, -0.05) is 0 Å². The molecule has 194 valence electrons. The highest BCUT2D eigenvalue weighted by Crippen LogP contribution is 2.41. The minimum absolute atomic E-state index is 0.0366. The number of carbonyl (C=O) groups excluding carboxylic acids is 3. The number of pyridine rings is 2. The minimum Gasteiger partial charge on any atom is -0.465 e. The number of hydrogen-bond donors (Lipinski definition) is 3. The lowest BCUT2D eigenvalue weighted by atomic mass is 10.0. The number of urea groups is 1. The van der Waals surface area contributed by atoms with Crippen LogP contribution in [-0.2, 0) is 10.9 Å². The molecule has 3 heterocycles. The van der Waals surface area contributed by atoms with Crippen molar-refractivity contribution in [2.75, 3.05) is 19.0 Å². The number of rotatable bonds is 7. The molecule has 0 radical (unpaired) electrons. The predicted octanol–water partition coefficient (Wildman–Crippen LogP) is 4.11. The number of ether oxygens (including phenoxy) is 1. The van der Waals surface area contributed by atoms with E-state index >= 15 is 0 Å². The second-order valence-electron chi connectivity index (χ2n) is 8.00. The van der Waals surface area contributed by atoms with E-state index < -0.39 is 34.7 Å². The molecule has 1 aliphatic rings. The monoisotopic (exact) mass is 534 g/mol. The number of esters is 1. The molecular formula is C23H21F3N6O4S. The maximum atomic E-state index is 13.9. The lowest BCUT2D eigenvalue weighted by Gasteiger charge is -2.11. The van der Waals surface area contributed by atoms with E-state index in [-0.39, 0.29) is 33.6 Å². The van der Waals surface area contributed by atoms with Gasteiger partial charge in [0.1, 0.15) is 15.7 Å². The average molecular weight is 535 g/mol. The van der Waals surface area contributed by atoms with Crippen molar-refractivity contribution in [1.29, 1.82) is 0 Å². The Hall–Kier alpha value is -4.07. The van der Waals surface area contributed by atoms with Crippen molar-refractivity contribution >= 4 is 35.1 Å². The number of hydrogen-bond acceptors (Lipinski definition) is 8. The maximum Gasteiger partial charge on any atom is 0.435 e. The van der Waals surface area contributed by atoms with Crippen LogP contribution in [0.3, 0.4) is 0 Å². The van der Waals surface area contributed by atoms with Crippen molar-refractivity contribution in [3.63, 3.8) is 0 Å². The SMILES string of the molecule is CCNC(=O)Nc1cc(-c2nc(C(F)(F)F)c(C(=O)NC3CC3)s2)c(-c2cncc(C(=O)OC)c2)cn1. The van der Waals surface area contributed by atoms with Crippen LogP contribution in [0.1, 0.15) is 45.5 Å². The third kappa shape index (κ3) is 6.02. The zero-order valence-corrected chi connectivity index (χ0v) is 20.4. The molecule has 3 aromatic rings. The van der Waals surface area contributed by atoms with E-state index in [9.17, 15) is 27.6 Å². The number of nitrogens with zero attached hydrogens (tertiary/aromatic N) is 3. The summed E-state index contributed by atoms with van der Waals surface area (Å²) < 4.78 is 46.3. The Morgan fingerprint density at radius 3 is 2.54 bits per heavy atom. The van der Waals surface area contributed by atoms with E-state index in [2.05, 4.69) is 30.9 Å². The minimum atomic E-state index is -4.88. The molecule has 0 saturated heterocycles. The van der Waals surface area contributed by atoms with E-state index in [1.807, 2.05) is 0 Å². The first-order chi connectivity index (χ1) is 17.6. The van der Waals surface area contributed by atoms with Crippen molar-refractivity contribution in [1.82, 2.24) is 25.6 Å². The molecule has 3 amide bonds. The number of anilines is 1. The number of nitrogens with one attached hydrogen (secondary N) is 3. The topological polar surface area (TPSA) is 135 Å². The molecule has 4 rings (SSSR count). The van der Waals surface area contributed by atoms with Crippen LogP contribution in [0.4, 0.5) is 23.8 Å². The van der Waals surface area contributed by atoms with E-state index in [0.717, 1.165) is 0 Å². The number of halogens is 3. The van der Waals surface area contributed by atoms with Crippen molar-refractivity contribution in [2.45, 2.75) is 32.0 Å². The van der Waals surface area contributed by atoms with Crippen molar-refractivity contribution < 1.29 is 32.3 Å². The summed E-state index contributed by atoms with van der Waals surface area (Å²) in [4.78, 5) is 48.0. The van der Waals surface area contributed by atoms with Gasteiger partial charge in [-0.3, -0.25) is 15.1 Å². The number of carbonyl (C=O) groups is 3. The van der Waals surface area contributed by atoms with Crippen LogP contribution in [0.15, 0.2) is 30.7 Å². The molecule has 14 heteroatoms. The van der Waals surface area contributed by atoms with Gasteiger partial charge in [-0.05, 0) is 31.9 Å².